The van der Waals surface area contributed by atoms with Gasteiger partial charge in [-0.1, -0.05) is 0 Å². The highest BCUT2D eigenvalue weighted by molar-refractivity contribution is 9.10. The predicted molar refractivity (Wildman–Crippen MR) is 43.7 cm³/mol. The van der Waals surface area contributed by atoms with Crippen molar-refractivity contribution in [2.24, 2.45) is 0 Å². The summed E-state index contributed by atoms with van der Waals surface area (Å²) in [4.78, 5) is 2.08. The topological polar surface area (TPSA) is 31.9 Å². The Balaban J connectivity index is 2.58. The van der Waals surface area contributed by atoms with E-state index in [2.05, 4.69) is 31.0 Å². The summed E-state index contributed by atoms with van der Waals surface area (Å²) in [6.07, 6.45) is 0. The molecular formula is C6H10BrN3. The van der Waals surface area contributed by atoms with Gasteiger partial charge >= 0.3 is 0 Å². The first kappa shape index (κ1) is 7.75. The minimum atomic E-state index is 0.865. The third kappa shape index (κ3) is 2.11. The number of nitrogens with one attached hydrogen (secondary N) is 1. The monoisotopic (exact) mass is 203 g/mol. The Hall–Kier alpha value is -0.350. The highest BCUT2D eigenvalue weighted by atomic mass is 79.9. The van der Waals surface area contributed by atoms with Gasteiger partial charge in [-0.15, -0.1) is 0 Å². The van der Waals surface area contributed by atoms with E-state index in [0.717, 1.165) is 16.8 Å². The van der Waals surface area contributed by atoms with Crippen LogP contribution in [0.1, 0.15) is 5.69 Å². The van der Waals surface area contributed by atoms with Gasteiger partial charge < -0.3 is 4.90 Å². The molecule has 1 heterocycles. The van der Waals surface area contributed by atoms with Crippen molar-refractivity contribution in [3.05, 3.63) is 16.4 Å². The Morgan fingerprint density at radius 1 is 1.70 bits per heavy atom. The fraction of sp³-hybridized carbons (Fsp3) is 0.500. The molecule has 0 saturated carbocycles. The second-order valence-electron chi connectivity index (χ2n) is 2.45. The molecule has 0 fully saturated rings. The lowest BCUT2D eigenvalue weighted by Gasteiger charge is -2.05. The molecule has 0 aliphatic rings. The fourth-order valence-electron chi connectivity index (χ4n) is 0.755. The summed E-state index contributed by atoms with van der Waals surface area (Å²) in [6.45, 7) is 0.901. The van der Waals surface area contributed by atoms with Crippen LogP contribution in [0.3, 0.4) is 0 Å². The Morgan fingerprint density at radius 3 is 2.80 bits per heavy atom. The van der Waals surface area contributed by atoms with Crippen molar-refractivity contribution < 1.29 is 0 Å². The summed E-state index contributed by atoms with van der Waals surface area (Å²) < 4.78 is 0.865. The molecule has 1 aromatic rings. The first-order valence-electron chi connectivity index (χ1n) is 3.03. The zero-order valence-corrected chi connectivity index (χ0v) is 7.64. The Bertz CT molecular complexity index is 207. The van der Waals surface area contributed by atoms with Crippen molar-refractivity contribution in [1.82, 2.24) is 15.1 Å². The molecule has 0 aromatic carbocycles. The molecule has 0 bridgehead atoms. The van der Waals surface area contributed by atoms with Crippen LogP contribution in [0.4, 0.5) is 0 Å². The number of nitrogens with zero attached hydrogens (tertiary/aromatic N) is 2. The fourth-order valence-corrected chi connectivity index (χ4v) is 1.12. The second-order valence-corrected chi connectivity index (χ2v) is 3.27. The summed E-state index contributed by atoms with van der Waals surface area (Å²) in [6, 6.07) is 1.97. The molecule has 1 N–H and O–H groups in total. The maximum atomic E-state index is 3.93. The normalized spacial score (nSPS) is 10.8. The molecule has 10 heavy (non-hydrogen) atoms. The van der Waals surface area contributed by atoms with E-state index in [1.165, 1.54) is 0 Å². The lowest BCUT2D eigenvalue weighted by atomic mass is 10.4. The van der Waals surface area contributed by atoms with E-state index >= 15 is 0 Å². The molecule has 0 unspecified atom stereocenters. The third-order valence-corrected chi connectivity index (χ3v) is 1.49. The Morgan fingerprint density at radius 2 is 2.40 bits per heavy atom. The van der Waals surface area contributed by atoms with E-state index in [1.54, 1.807) is 0 Å². The van der Waals surface area contributed by atoms with Crippen molar-refractivity contribution in [3.63, 3.8) is 0 Å². The quantitative estimate of drug-likeness (QED) is 0.785. The maximum absolute atomic E-state index is 3.93. The van der Waals surface area contributed by atoms with Gasteiger partial charge in [0, 0.05) is 6.54 Å². The average molecular weight is 204 g/mol. The van der Waals surface area contributed by atoms with Gasteiger partial charge in [-0.2, -0.15) is 5.10 Å². The minimum absolute atomic E-state index is 0.865. The van der Waals surface area contributed by atoms with Crippen molar-refractivity contribution in [3.8, 4) is 0 Å². The van der Waals surface area contributed by atoms with Crippen LogP contribution >= 0.6 is 15.9 Å². The van der Waals surface area contributed by atoms with Crippen LogP contribution in [0.5, 0.6) is 0 Å². The molecule has 0 spiro atoms. The number of halogens is 1. The average Bonchev–Trinajstić information content (AvgIpc) is 2.13. The first-order valence-corrected chi connectivity index (χ1v) is 3.82. The van der Waals surface area contributed by atoms with Crippen molar-refractivity contribution >= 4 is 15.9 Å². The summed E-state index contributed by atoms with van der Waals surface area (Å²) in [5.41, 5.74) is 1.12. The van der Waals surface area contributed by atoms with Crippen LogP contribution in [-0.4, -0.2) is 29.2 Å². The standard InChI is InChI=1S/C6H10BrN3/c1-10(2)4-5-3-6(7)9-8-5/h3H,4H2,1-2H3,(H,8,9). The molecule has 0 radical (unpaired) electrons. The molecule has 1 rings (SSSR count). The van der Waals surface area contributed by atoms with Gasteiger partial charge in [0.15, 0.2) is 0 Å². The molecule has 0 saturated heterocycles. The van der Waals surface area contributed by atoms with Crippen molar-refractivity contribution in [2.75, 3.05) is 14.1 Å². The van der Waals surface area contributed by atoms with Crippen LogP contribution < -0.4 is 0 Å². The number of aromatic amines is 1. The second kappa shape index (κ2) is 3.16. The molecule has 3 nitrogen and oxygen atoms in total. The van der Waals surface area contributed by atoms with E-state index in [9.17, 15) is 0 Å². The van der Waals surface area contributed by atoms with Crippen LogP contribution in [0, 0.1) is 0 Å². The summed E-state index contributed by atoms with van der Waals surface area (Å²) in [5, 5.41) is 6.83. The largest absolute Gasteiger partial charge is 0.304 e. The SMILES string of the molecule is CN(C)Cc1cc(Br)n[nH]1. The molecule has 0 atom stereocenters. The van der Waals surface area contributed by atoms with Crippen LogP contribution in [0.25, 0.3) is 0 Å². The number of hydrogen-bond acceptors (Lipinski definition) is 2. The Kier molecular flexibility index (Phi) is 2.45. The van der Waals surface area contributed by atoms with E-state index in [0.29, 0.717) is 0 Å². The summed E-state index contributed by atoms with van der Waals surface area (Å²) in [5.74, 6) is 0. The van der Waals surface area contributed by atoms with Gasteiger partial charge in [0.25, 0.3) is 0 Å². The molecular weight excluding hydrogens is 194 g/mol. The number of hydrogen-bond donors (Lipinski definition) is 1. The zero-order valence-electron chi connectivity index (χ0n) is 6.06. The summed E-state index contributed by atoms with van der Waals surface area (Å²) in [7, 11) is 4.05. The zero-order chi connectivity index (χ0) is 7.56. The van der Waals surface area contributed by atoms with E-state index in [1.807, 2.05) is 20.2 Å². The maximum Gasteiger partial charge on any atom is 0.128 e. The summed E-state index contributed by atoms with van der Waals surface area (Å²) >= 11 is 3.26. The van der Waals surface area contributed by atoms with Gasteiger partial charge in [0.05, 0.1) is 5.69 Å². The first-order chi connectivity index (χ1) is 4.68. The van der Waals surface area contributed by atoms with Crippen molar-refractivity contribution in [1.29, 1.82) is 0 Å². The van der Waals surface area contributed by atoms with E-state index < -0.39 is 0 Å². The predicted octanol–water partition coefficient (Wildman–Crippen LogP) is 1.23. The van der Waals surface area contributed by atoms with Crippen molar-refractivity contribution in [2.45, 2.75) is 6.54 Å². The van der Waals surface area contributed by atoms with Crippen LogP contribution in [0.2, 0.25) is 0 Å². The third-order valence-electron chi connectivity index (χ3n) is 1.09. The number of H-pyrrole nitrogens is 1. The van der Waals surface area contributed by atoms with Gasteiger partial charge in [0.2, 0.25) is 0 Å². The number of rotatable bonds is 2. The van der Waals surface area contributed by atoms with Crippen LogP contribution in [-0.2, 0) is 6.54 Å². The minimum Gasteiger partial charge on any atom is -0.304 e. The highest BCUT2D eigenvalue weighted by Gasteiger charge is 1.97. The molecule has 0 aliphatic carbocycles. The molecule has 56 valence electrons. The molecule has 1 aromatic heterocycles. The van der Waals surface area contributed by atoms with Gasteiger partial charge in [-0.05, 0) is 36.1 Å². The van der Waals surface area contributed by atoms with E-state index in [4.69, 9.17) is 0 Å². The smallest absolute Gasteiger partial charge is 0.128 e. The Labute approximate surface area is 68.6 Å². The lowest BCUT2D eigenvalue weighted by Crippen LogP contribution is -2.10. The van der Waals surface area contributed by atoms with Gasteiger partial charge in [0.1, 0.15) is 4.60 Å². The number of aromatic nitrogens is 2. The van der Waals surface area contributed by atoms with Crippen LogP contribution in [0.15, 0.2) is 10.7 Å². The van der Waals surface area contributed by atoms with Gasteiger partial charge in [-0.25, -0.2) is 0 Å². The molecule has 0 amide bonds. The highest BCUT2D eigenvalue weighted by Crippen LogP contribution is 2.07. The molecule has 0 aliphatic heterocycles. The van der Waals surface area contributed by atoms with Gasteiger partial charge in [-0.3, -0.25) is 5.10 Å². The lowest BCUT2D eigenvalue weighted by molar-refractivity contribution is 0.396. The molecule has 4 heteroatoms. The van der Waals surface area contributed by atoms with E-state index in [-0.39, 0.29) is 0 Å².